The summed E-state index contributed by atoms with van der Waals surface area (Å²) in [6.45, 7) is 5.14. The number of primary sulfonamides is 1. The van der Waals surface area contributed by atoms with Crippen molar-refractivity contribution in [3.63, 3.8) is 0 Å². The number of sulfonamides is 1. The highest BCUT2D eigenvalue weighted by Gasteiger charge is 2.30. The van der Waals surface area contributed by atoms with Crippen molar-refractivity contribution in [2.75, 3.05) is 0 Å². The number of nitrogens with two attached hydrogens (primary N) is 1. The monoisotopic (exact) mass is 292 g/mol. The van der Waals surface area contributed by atoms with Gasteiger partial charge < -0.3 is 4.74 Å². The van der Waals surface area contributed by atoms with Gasteiger partial charge in [-0.25, -0.2) is 13.6 Å². The Labute approximate surface area is 112 Å². The van der Waals surface area contributed by atoms with Crippen LogP contribution in [0.25, 0.3) is 0 Å². The number of pyridine rings is 1. The maximum atomic E-state index is 11.4. The lowest BCUT2D eigenvalue weighted by Gasteiger charge is -2.24. The van der Waals surface area contributed by atoms with Gasteiger partial charge in [0.2, 0.25) is 10.0 Å². The third kappa shape index (κ3) is 4.20. The Kier molecular flexibility index (Phi) is 5.10. The predicted molar refractivity (Wildman–Crippen MR) is 70.8 cm³/mol. The molecule has 0 unspecified atom stereocenters. The highest BCUT2D eigenvalue weighted by Crippen LogP contribution is 2.25. The molecule has 2 atom stereocenters. The van der Waals surface area contributed by atoms with Crippen LogP contribution >= 0.6 is 11.6 Å². The molecule has 0 aromatic carbocycles. The molecule has 0 amide bonds. The molecule has 5 nitrogen and oxygen atoms in total. The zero-order chi connectivity index (χ0) is 13.9. The van der Waals surface area contributed by atoms with Gasteiger partial charge in [-0.15, -0.1) is 0 Å². The number of halogens is 1. The third-order valence-corrected chi connectivity index (χ3v) is 3.91. The van der Waals surface area contributed by atoms with Crippen LogP contribution in [0.5, 0.6) is 0 Å². The van der Waals surface area contributed by atoms with Crippen LogP contribution in [0, 0.1) is 0 Å². The Bertz CT molecular complexity index is 488. The number of ether oxygens (including phenoxy) is 1. The standard InChI is InChI=1S/C11H17ClN2O3S/c1-7(2)17-11(8(3)18(13,15)16)10-5-4-9(12)6-14-10/h4-8,11H,1-3H3,(H2,13,15,16)/t8-,11+/m1/s1. The van der Waals surface area contributed by atoms with Crippen LogP contribution in [0.4, 0.5) is 0 Å². The molecular formula is C11H17ClN2O3S. The van der Waals surface area contributed by atoms with Crippen molar-refractivity contribution in [1.82, 2.24) is 4.98 Å². The predicted octanol–water partition coefficient (Wildman–Crippen LogP) is 1.88. The zero-order valence-electron chi connectivity index (χ0n) is 10.5. The molecule has 1 aromatic heterocycles. The van der Waals surface area contributed by atoms with E-state index >= 15 is 0 Å². The molecule has 18 heavy (non-hydrogen) atoms. The van der Waals surface area contributed by atoms with Crippen LogP contribution < -0.4 is 5.14 Å². The number of hydrogen-bond acceptors (Lipinski definition) is 4. The molecule has 1 rings (SSSR count). The number of hydrogen-bond donors (Lipinski definition) is 1. The van der Waals surface area contributed by atoms with Gasteiger partial charge in [0.05, 0.1) is 16.8 Å². The third-order valence-electron chi connectivity index (χ3n) is 2.41. The molecule has 0 saturated heterocycles. The topological polar surface area (TPSA) is 82.3 Å². The van der Waals surface area contributed by atoms with Crippen LogP contribution in [0.1, 0.15) is 32.6 Å². The first-order valence-electron chi connectivity index (χ1n) is 5.50. The Morgan fingerprint density at radius 2 is 1.94 bits per heavy atom. The number of rotatable bonds is 5. The van der Waals surface area contributed by atoms with Gasteiger partial charge in [-0.3, -0.25) is 4.98 Å². The Hall–Kier alpha value is -0.690. The zero-order valence-corrected chi connectivity index (χ0v) is 12.1. The molecule has 0 bridgehead atoms. The van der Waals surface area contributed by atoms with Crippen LogP contribution in [-0.4, -0.2) is 24.8 Å². The second kappa shape index (κ2) is 5.97. The summed E-state index contributed by atoms with van der Waals surface area (Å²) in [6, 6.07) is 3.27. The second-order valence-electron chi connectivity index (χ2n) is 4.30. The van der Waals surface area contributed by atoms with Gasteiger partial charge in [0.25, 0.3) is 0 Å². The van der Waals surface area contributed by atoms with Gasteiger partial charge in [-0.05, 0) is 32.9 Å². The van der Waals surface area contributed by atoms with E-state index in [0.29, 0.717) is 10.7 Å². The van der Waals surface area contributed by atoms with Gasteiger partial charge in [0, 0.05) is 6.20 Å². The summed E-state index contributed by atoms with van der Waals surface area (Å²) in [5, 5.41) is 4.76. The van der Waals surface area contributed by atoms with E-state index in [1.807, 2.05) is 13.8 Å². The molecule has 1 heterocycles. The number of aromatic nitrogens is 1. The van der Waals surface area contributed by atoms with Crippen LogP contribution in [0.2, 0.25) is 5.02 Å². The summed E-state index contributed by atoms with van der Waals surface area (Å²) in [4.78, 5) is 4.09. The van der Waals surface area contributed by atoms with Crippen molar-refractivity contribution in [2.45, 2.75) is 38.2 Å². The van der Waals surface area contributed by atoms with E-state index in [1.165, 1.54) is 13.1 Å². The lowest BCUT2D eigenvalue weighted by Crippen LogP contribution is -2.34. The van der Waals surface area contributed by atoms with E-state index in [2.05, 4.69) is 4.98 Å². The Morgan fingerprint density at radius 1 is 1.33 bits per heavy atom. The molecule has 0 fully saturated rings. The average Bonchev–Trinajstić information content (AvgIpc) is 2.25. The molecule has 0 radical (unpaired) electrons. The van der Waals surface area contributed by atoms with Crippen molar-refractivity contribution < 1.29 is 13.2 Å². The maximum Gasteiger partial charge on any atom is 0.214 e. The van der Waals surface area contributed by atoms with Crippen LogP contribution in [0.15, 0.2) is 18.3 Å². The Morgan fingerprint density at radius 3 is 2.33 bits per heavy atom. The molecule has 0 spiro atoms. The minimum absolute atomic E-state index is 0.142. The van der Waals surface area contributed by atoms with E-state index in [0.717, 1.165) is 0 Å². The van der Waals surface area contributed by atoms with Crippen LogP contribution in [-0.2, 0) is 14.8 Å². The average molecular weight is 293 g/mol. The summed E-state index contributed by atoms with van der Waals surface area (Å²) in [7, 11) is -3.70. The SMILES string of the molecule is CC(C)O[C@H](c1ccc(Cl)cn1)[C@@H](C)S(N)(=O)=O. The lowest BCUT2D eigenvalue weighted by molar-refractivity contribution is 0.00409. The first-order valence-corrected chi connectivity index (χ1v) is 7.49. The van der Waals surface area contributed by atoms with E-state index in [9.17, 15) is 8.42 Å². The summed E-state index contributed by atoms with van der Waals surface area (Å²) in [5.41, 5.74) is 0.495. The summed E-state index contributed by atoms with van der Waals surface area (Å²) >= 11 is 5.75. The fourth-order valence-electron chi connectivity index (χ4n) is 1.44. The molecular weight excluding hydrogens is 276 g/mol. The molecule has 0 aliphatic carbocycles. The smallest absolute Gasteiger partial charge is 0.214 e. The molecule has 7 heteroatoms. The number of nitrogens with zero attached hydrogens (tertiary/aromatic N) is 1. The first-order chi connectivity index (χ1) is 8.21. The lowest BCUT2D eigenvalue weighted by atomic mass is 10.1. The Balaban J connectivity index is 3.09. The minimum atomic E-state index is -3.70. The van der Waals surface area contributed by atoms with Gasteiger partial charge >= 0.3 is 0 Å². The first kappa shape index (κ1) is 15.4. The van der Waals surface area contributed by atoms with Crippen molar-refractivity contribution in [3.8, 4) is 0 Å². The highest BCUT2D eigenvalue weighted by atomic mass is 35.5. The van der Waals surface area contributed by atoms with Gasteiger partial charge in [0.1, 0.15) is 11.4 Å². The van der Waals surface area contributed by atoms with Gasteiger partial charge in [-0.2, -0.15) is 0 Å². The van der Waals surface area contributed by atoms with Crippen molar-refractivity contribution in [3.05, 3.63) is 29.0 Å². The summed E-state index contributed by atoms with van der Waals surface area (Å²) in [5.74, 6) is 0. The van der Waals surface area contributed by atoms with E-state index in [1.54, 1.807) is 12.1 Å². The molecule has 1 aromatic rings. The van der Waals surface area contributed by atoms with Gasteiger partial charge in [-0.1, -0.05) is 11.6 Å². The van der Waals surface area contributed by atoms with Gasteiger partial charge in [0.15, 0.2) is 0 Å². The second-order valence-corrected chi connectivity index (χ2v) is 6.66. The fraction of sp³-hybridized carbons (Fsp3) is 0.545. The van der Waals surface area contributed by atoms with E-state index in [4.69, 9.17) is 21.5 Å². The van der Waals surface area contributed by atoms with Crippen LogP contribution in [0.3, 0.4) is 0 Å². The van der Waals surface area contributed by atoms with E-state index < -0.39 is 21.4 Å². The molecule has 2 N–H and O–H groups in total. The largest absolute Gasteiger partial charge is 0.368 e. The minimum Gasteiger partial charge on any atom is -0.368 e. The van der Waals surface area contributed by atoms with Crippen molar-refractivity contribution in [1.29, 1.82) is 0 Å². The molecule has 0 aliphatic rings. The fourth-order valence-corrected chi connectivity index (χ4v) is 2.10. The van der Waals surface area contributed by atoms with E-state index in [-0.39, 0.29) is 6.10 Å². The normalized spacial score (nSPS) is 15.7. The molecule has 102 valence electrons. The summed E-state index contributed by atoms with van der Waals surface area (Å²) < 4.78 is 28.5. The molecule has 0 saturated carbocycles. The van der Waals surface area contributed by atoms with Crippen molar-refractivity contribution >= 4 is 21.6 Å². The van der Waals surface area contributed by atoms with Crippen molar-refractivity contribution in [2.24, 2.45) is 5.14 Å². The maximum absolute atomic E-state index is 11.4. The summed E-state index contributed by atoms with van der Waals surface area (Å²) in [6.07, 6.45) is 0.595. The highest BCUT2D eigenvalue weighted by molar-refractivity contribution is 7.89. The quantitative estimate of drug-likeness (QED) is 0.898. The molecule has 0 aliphatic heterocycles.